The smallest absolute Gasteiger partial charge is 0.326 e. The fraction of sp³-hybridized carbons (Fsp3) is 0.350. The van der Waals surface area contributed by atoms with Gasteiger partial charge in [-0.15, -0.1) is 11.3 Å². The highest BCUT2D eigenvalue weighted by Gasteiger charge is 2.40. The molecule has 4 rings (SSSR count). The lowest BCUT2D eigenvalue weighted by Crippen LogP contribution is -2.40. The number of hydrogen-bond acceptors (Lipinski definition) is 9. The van der Waals surface area contributed by atoms with E-state index in [9.17, 15) is 28.1 Å². The molecule has 1 aliphatic rings. The average molecular weight is 525 g/mol. The molecule has 0 radical (unpaired) electrons. The Hall–Kier alpha value is -2.94. The van der Waals surface area contributed by atoms with Crippen LogP contribution in [0.3, 0.4) is 0 Å². The third-order valence-electron chi connectivity index (χ3n) is 5.22. The monoisotopic (exact) mass is 524 g/mol. The topological polar surface area (TPSA) is 141 Å². The number of nitro groups is 1. The summed E-state index contributed by atoms with van der Waals surface area (Å²) in [4.78, 5) is 40.3. The van der Waals surface area contributed by atoms with Crippen molar-refractivity contribution in [1.82, 2.24) is 8.87 Å². The fourth-order valence-electron chi connectivity index (χ4n) is 3.71. The fourth-order valence-corrected chi connectivity index (χ4v) is 7.50. The molecule has 1 amide bonds. The van der Waals surface area contributed by atoms with Crippen LogP contribution in [0.15, 0.2) is 44.9 Å². The number of aromatic nitrogens is 1. The van der Waals surface area contributed by atoms with Gasteiger partial charge in [0.05, 0.1) is 21.7 Å². The van der Waals surface area contributed by atoms with Gasteiger partial charge >= 0.3 is 5.97 Å². The summed E-state index contributed by atoms with van der Waals surface area (Å²) in [6.07, 6.45) is 0.832. The molecular weight excluding hydrogens is 504 g/mol. The van der Waals surface area contributed by atoms with Gasteiger partial charge in [0.25, 0.3) is 21.6 Å². The quantitative estimate of drug-likeness (QED) is 0.263. The van der Waals surface area contributed by atoms with E-state index in [1.54, 1.807) is 18.4 Å². The van der Waals surface area contributed by atoms with Crippen molar-refractivity contribution >= 4 is 60.5 Å². The molecule has 0 spiro atoms. The SMILES string of the molecule is CCOC(=O)Cn1c(=NC(=O)C2CCCN2S(=O)(=O)c2cccs2)sc2ccc([N+](=O)[O-])cc21. The molecule has 1 atom stereocenters. The number of benzene rings is 1. The predicted octanol–water partition coefficient (Wildman–Crippen LogP) is 2.52. The molecule has 0 bridgehead atoms. The van der Waals surface area contributed by atoms with Crippen LogP contribution in [-0.2, 0) is 30.9 Å². The van der Waals surface area contributed by atoms with Gasteiger partial charge < -0.3 is 9.30 Å². The Labute approximate surface area is 202 Å². The van der Waals surface area contributed by atoms with E-state index in [2.05, 4.69) is 4.99 Å². The number of sulfonamides is 1. The van der Waals surface area contributed by atoms with E-state index in [1.165, 1.54) is 33.1 Å². The molecule has 0 aliphatic carbocycles. The number of amides is 1. The largest absolute Gasteiger partial charge is 0.465 e. The van der Waals surface area contributed by atoms with Crippen LogP contribution in [0.2, 0.25) is 0 Å². The molecule has 3 heterocycles. The number of nitrogens with zero attached hydrogens (tertiary/aromatic N) is 4. The number of esters is 1. The lowest BCUT2D eigenvalue weighted by atomic mass is 10.2. The molecule has 3 aromatic rings. The predicted molar refractivity (Wildman–Crippen MR) is 125 cm³/mol. The average Bonchev–Trinajstić information content (AvgIpc) is 3.55. The Bertz CT molecular complexity index is 1420. The minimum absolute atomic E-state index is 0.133. The number of ether oxygens (including phenoxy) is 1. The second-order valence-corrected chi connectivity index (χ2v) is 11.4. The van der Waals surface area contributed by atoms with Gasteiger partial charge in [-0.05, 0) is 37.3 Å². The third-order valence-corrected chi connectivity index (χ3v) is 9.56. The van der Waals surface area contributed by atoms with Crippen LogP contribution in [0.5, 0.6) is 0 Å². The second kappa shape index (κ2) is 9.74. The Morgan fingerprint density at radius 1 is 1.32 bits per heavy atom. The van der Waals surface area contributed by atoms with Crippen LogP contribution in [-0.4, -0.2) is 53.3 Å². The first kappa shape index (κ1) is 24.2. The van der Waals surface area contributed by atoms with Crippen LogP contribution in [0.1, 0.15) is 19.8 Å². The zero-order valence-electron chi connectivity index (χ0n) is 17.9. The van der Waals surface area contributed by atoms with E-state index >= 15 is 0 Å². The van der Waals surface area contributed by atoms with Gasteiger partial charge in [-0.3, -0.25) is 19.7 Å². The lowest BCUT2D eigenvalue weighted by molar-refractivity contribution is -0.384. The van der Waals surface area contributed by atoms with Crippen molar-refractivity contribution in [2.24, 2.45) is 4.99 Å². The first-order chi connectivity index (χ1) is 16.2. The molecule has 1 saturated heterocycles. The van der Waals surface area contributed by atoms with Crippen LogP contribution in [0.4, 0.5) is 5.69 Å². The summed E-state index contributed by atoms with van der Waals surface area (Å²) in [6, 6.07) is 6.30. The molecule has 11 nitrogen and oxygen atoms in total. The Kier molecular flexibility index (Phi) is 6.93. The summed E-state index contributed by atoms with van der Waals surface area (Å²) in [5, 5.41) is 12.9. The van der Waals surface area contributed by atoms with E-state index in [1.807, 2.05) is 0 Å². The van der Waals surface area contributed by atoms with E-state index < -0.39 is 32.9 Å². The summed E-state index contributed by atoms with van der Waals surface area (Å²) < 4.78 is 34.3. The Morgan fingerprint density at radius 2 is 2.12 bits per heavy atom. The van der Waals surface area contributed by atoms with Gasteiger partial charge in [-0.25, -0.2) is 8.42 Å². The normalized spacial score (nSPS) is 17.3. The van der Waals surface area contributed by atoms with Crippen molar-refractivity contribution < 1.29 is 27.7 Å². The summed E-state index contributed by atoms with van der Waals surface area (Å²) in [6.45, 7) is 1.69. The van der Waals surface area contributed by atoms with Crippen molar-refractivity contribution in [3.8, 4) is 0 Å². The molecule has 2 aromatic heterocycles. The first-order valence-corrected chi connectivity index (χ1v) is 13.4. The van der Waals surface area contributed by atoms with Crippen molar-refractivity contribution in [3.05, 3.63) is 50.6 Å². The number of carbonyl (C=O) groups is 2. The Morgan fingerprint density at radius 3 is 2.79 bits per heavy atom. The number of thiophene rings is 1. The summed E-state index contributed by atoms with van der Waals surface area (Å²) >= 11 is 2.15. The number of thiazole rings is 1. The van der Waals surface area contributed by atoms with Gasteiger partial charge in [-0.1, -0.05) is 17.4 Å². The van der Waals surface area contributed by atoms with E-state index in [-0.39, 0.29) is 34.4 Å². The molecule has 34 heavy (non-hydrogen) atoms. The van der Waals surface area contributed by atoms with Gasteiger partial charge in [0.2, 0.25) is 0 Å². The second-order valence-electron chi connectivity index (χ2n) is 7.34. The van der Waals surface area contributed by atoms with Gasteiger partial charge in [0, 0.05) is 18.7 Å². The number of non-ortho nitro benzene ring substituents is 1. The van der Waals surface area contributed by atoms with Gasteiger partial charge in [0.1, 0.15) is 16.8 Å². The van der Waals surface area contributed by atoms with Crippen LogP contribution >= 0.6 is 22.7 Å². The maximum absolute atomic E-state index is 13.2. The van der Waals surface area contributed by atoms with Crippen molar-refractivity contribution in [2.45, 2.75) is 36.6 Å². The molecular formula is C20H20N4O7S3. The zero-order valence-corrected chi connectivity index (χ0v) is 20.4. The maximum atomic E-state index is 13.2. The number of nitro benzene ring substituents is 1. The van der Waals surface area contributed by atoms with Crippen molar-refractivity contribution in [1.29, 1.82) is 0 Å². The number of hydrogen-bond donors (Lipinski definition) is 0. The van der Waals surface area contributed by atoms with Crippen LogP contribution in [0.25, 0.3) is 10.2 Å². The van der Waals surface area contributed by atoms with E-state index in [0.29, 0.717) is 23.1 Å². The number of fused-ring (bicyclic) bond motifs is 1. The highest BCUT2D eigenvalue weighted by Crippen LogP contribution is 2.29. The number of rotatable bonds is 7. The van der Waals surface area contributed by atoms with Crippen LogP contribution in [0, 0.1) is 10.1 Å². The summed E-state index contributed by atoms with van der Waals surface area (Å²) in [7, 11) is -3.84. The standard InChI is InChI=1S/C20H20N4O7S3/c1-2-31-17(25)12-22-15-11-13(24(27)28)7-8-16(15)33-20(22)21-19(26)14-5-3-9-23(14)34(29,30)18-6-4-10-32-18/h4,6-8,10-11,14H,2-3,5,9,12H2,1H3. The maximum Gasteiger partial charge on any atom is 0.326 e. The Balaban J connectivity index is 1.76. The summed E-state index contributed by atoms with van der Waals surface area (Å²) in [5.74, 6) is -1.25. The highest BCUT2D eigenvalue weighted by molar-refractivity contribution is 7.91. The van der Waals surface area contributed by atoms with Crippen molar-refractivity contribution in [2.75, 3.05) is 13.2 Å². The molecule has 1 aliphatic heterocycles. The molecule has 0 saturated carbocycles. The van der Waals surface area contributed by atoms with Crippen LogP contribution < -0.4 is 4.80 Å². The molecule has 0 N–H and O–H groups in total. The highest BCUT2D eigenvalue weighted by atomic mass is 32.2. The third kappa shape index (κ3) is 4.66. The molecule has 180 valence electrons. The zero-order chi connectivity index (χ0) is 24.5. The minimum Gasteiger partial charge on any atom is -0.465 e. The van der Waals surface area contributed by atoms with E-state index in [4.69, 9.17) is 4.74 Å². The van der Waals surface area contributed by atoms with Crippen molar-refractivity contribution in [3.63, 3.8) is 0 Å². The van der Waals surface area contributed by atoms with E-state index in [0.717, 1.165) is 22.7 Å². The van der Waals surface area contributed by atoms with Gasteiger partial charge in [-0.2, -0.15) is 9.30 Å². The number of carbonyl (C=O) groups excluding carboxylic acids is 2. The molecule has 1 fully saturated rings. The summed E-state index contributed by atoms with van der Waals surface area (Å²) in [5.41, 5.74) is 0.179. The first-order valence-electron chi connectivity index (χ1n) is 10.3. The minimum atomic E-state index is -3.84. The molecule has 1 unspecified atom stereocenters. The van der Waals surface area contributed by atoms with Gasteiger partial charge in [0.15, 0.2) is 4.80 Å². The molecule has 14 heteroatoms. The molecule has 1 aromatic carbocycles. The lowest BCUT2D eigenvalue weighted by Gasteiger charge is -2.20.